The minimum absolute atomic E-state index is 0.0967. The van der Waals surface area contributed by atoms with Crippen molar-refractivity contribution in [1.29, 1.82) is 0 Å². The number of nitrogens with zero attached hydrogens (tertiary/aromatic N) is 1. The van der Waals surface area contributed by atoms with Crippen molar-refractivity contribution in [1.82, 2.24) is 10.0 Å². The molecule has 6 nitrogen and oxygen atoms in total. The predicted molar refractivity (Wildman–Crippen MR) is 131 cm³/mol. The van der Waals surface area contributed by atoms with Crippen molar-refractivity contribution in [3.8, 4) is 5.75 Å². The first-order chi connectivity index (χ1) is 15.5. The van der Waals surface area contributed by atoms with E-state index < -0.39 is 17.0 Å². The van der Waals surface area contributed by atoms with Crippen LogP contribution in [-0.2, 0) is 28.8 Å². The molecule has 0 saturated carbocycles. The molecule has 3 rings (SSSR count). The lowest BCUT2D eigenvalue weighted by Gasteiger charge is -2.29. The van der Waals surface area contributed by atoms with Gasteiger partial charge in [0.15, 0.2) is 17.0 Å². The van der Waals surface area contributed by atoms with Gasteiger partial charge in [-0.1, -0.05) is 44.2 Å². The number of phenols is 1. The van der Waals surface area contributed by atoms with Crippen LogP contribution in [0.3, 0.4) is 0 Å². The highest BCUT2D eigenvalue weighted by Crippen LogP contribution is 2.41. The Kier molecular flexibility index (Phi) is 11.2. The van der Waals surface area contributed by atoms with E-state index in [1.807, 2.05) is 32.0 Å². The first-order valence-electron chi connectivity index (χ1n) is 10.8. The molecule has 1 aliphatic rings. The van der Waals surface area contributed by atoms with Gasteiger partial charge in [-0.15, -0.1) is 11.8 Å². The number of hydrogen-bond acceptors (Lipinski definition) is 5. The molecular weight excluding hydrogens is 449 g/mol. The van der Waals surface area contributed by atoms with E-state index in [1.165, 1.54) is 30.4 Å². The van der Waals surface area contributed by atoms with Crippen LogP contribution in [0.2, 0.25) is 0 Å². The normalized spacial score (nSPS) is 15.8. The van der Waals surface area contributed by atoms with Crippen LogP contribution in [0.15, 0.2) is 41.3 Å². The molecule has 2 atom stereocenters. The van der Waals surface area contributed by atoms with Crippen molar-refractivity contribution >= 4 is 34.9 Å². The highest BCUT2D eigenvalue weighted by atomic mass is 32.2. The molecule has 2 unspecified atom stereocenters. The lowest BCUT2D eigenvalue weighted by molar-refractivity contribution is -0.106. The van der Waals surface area contributed by atoms with Gasteiger partial charge in [-0.05, 0) is 44.5 Å². The van der Waals surface area contributed by atoms with Gasteiger partial charge in [0.25, 0.3) is 0 Å². The maximum Gasteiger partial charge on any atom is 0.196 e. The quantitative estimate of drug-likeness (QED) is 0.357. The van der Waals surface area contributed by atoms with Crippen molar-refractivity contribution in [2.24, 2.45) is 0 Å². The number of benzene rings is 2. The summed E-state index contributed by atoms with van der Waals surface area (Å²) in [5.74, 6) is -0.172. The summed E-state index contributed by atoms with van der Waals surface area (Å²) in [6, 6.07) is 11.9. The van der Waals surface area contributed by atoms with Crippen molar-refractivity contribution in [2.45, 2.75) is 44.0 Å². The van der Waals surface area contributed by atoms with Crippen molar-refractivity contribution in [3.63, 3.8) is 0 Å². The van der Waals surface area contributed by atoms with E-state index in [-0.39, 0.29) is 24.0 Å². The van der Waals surface area contributed by atoms with Gasteiger partial charge in [-0.2, -0.15) is 0 Å². The zero-order chi connectivity index (χ0) is 23.5. The molecule has 2 aromatic rings. The van der Waals surface area contributed by atoms with Gasteiger partial charge in [0, 0.05) is 22.3 Å². The number of anilines is 1. The molecule has 0 fully saturated rings. The second-order valence-electron chi connectivity index (χ2n) is 6.97. The van der Waals surface area contributed by atoms with Gasteiger partial charge >= 0.3 is 0 Å². The summed E-state index contributed by atoms with van der Waals surface area (Å²) in [7, 11) is 1.44. The van der Waals surface area contributed by atoms with Gasteiger partial charge in [0.05, 0.1) is 6.54 Å². The number of aldehydes is 1. The first-order valence-corrected chi connectivity index (χ1v) is 12.9. The second-order valence-corrected chi connectivity index (χ2v) is 9.38. The molecule has 2 aromatic carbocycles. The number of thioether (sulfide) groups is 1. The number of rotatable bonds is 10. The molecule has 0 saturated heterocycles. The molecule has 0 spiro atoms. The summed E-state index contributed by atoms with van der Waals surface area (Å²) < 4.78 is 31.1. The SMILES string of the molecule is CC.CNS(=O)N(CC=O)c1c(O)cc2c(c1F)CC(NCCCc1ccccc1)CS2. The van der Waals surface area contributed by atoms with E-state index in [4.69, 9.17) is 0 Å². The molecule has 0 aliphatic carbocycles. The zero-order valence-electron chi connectivity index (χ0n) is 18.8. The van der Waals surface area contributed by atoms with Crippen LogP contribution in [0.4, 0.5) is 10.1 Å². The molecule has 3 N–H and O–H groups in total. The minimum atomic E-state index is -1.84. The predicted octanol–water partition coefficient (Wildman–Crippen LogP) is 3.60. The fraction of sp³-hybridized carbons (Fsp3) is 0.435. The summed E-state index contributed by atoms with van der Waals surface area (Å²) in [6.07, 6.45) is 2.95. The third-order valence-corrected chi connectivity index (χ3v) is 7.28. The van der Waals surface area contributed by atoms with Gasteiger partial charge in [0.1, 0.15) is 17.7 Å². The average Bonchev–Trinajstić information content (AvgIpc) is 2.83. The highest BCUT2D eigenvalue weighted by molar-refractivity contribution is 7.99. The highest BCUT2D eigenvalue weighted by Gasteiger charge is 2.29. The monoisotopic (exact) mass is 481 g/mol. The van der Waals surface area contributed by atoms with E-state index in [1.54, 1.807) is 0 Å². The van der Waals surface area contributed by atoms with Crippen molar-refractivity contribution < 1.29 is 18.5 Å². The Morgan fingerprint density at radius 3 is 2.69 bits per heavy atom. The van der Waals surface area contributed by atoms with E-state index >= 15 is 4.39 Å². The molecule has 0 amide bonds. The summed E-state index contributed by atoms with van der Waals surface area (Å²) in [6.45, 7) is 4.52. The van der Waals surface area contributed by atoms with Crippen LogP contribution in [0.1, 0.15) is 31.4 Å². The van der Waals surface area contributed by atoms with E-state index in [9.17, 15) is 14.1 Å². The number of carbonyl (C=O) groups excluding carboxylic acids is 1. The number of fused-ring (bicyclic) bond motifs is 1. The van der Waals surface area contributed by atoms with Crippen LogP contribution in [0.5, 0.6) is 5.75 Å². The molecule has 9 heteroatoms. The molecule has 0 bridgehead atoms. The van der Waals surface area contributed by atoms with Gasteiger partial charge < -0.3 is 15.2 Å². The molecule has 0 radical (unpaired) electrons. The van der Waals surface area contributed by atoms with Gasteiger partial charge in [0.2, 0.25) is 0 Å². The fourth-order valence-electron chi connectivity index (χ4n) is 3.49. The van der Waals surface area contributed by atoms with Crippen molar-refractivity contribution in [2.75, 3.05) is 30.2 Å². The fourth-order valence-corrected chi connectivity index (χ4v) is 5.40. The van der Waals surface area contributed by atoms with Crippen LogP contribution in [-0.4, -0.2) is 47.5 Å². The minimum Gasteiger partial charge on any atom is -0.506 e. The Morgan fingerprint density at radius 2 is 2.03 bits per heavy atom. The topological polar surface area (TPSA) is 81.7 Å². The summed E-state index contributed by atoms with van der Waals surface area (Å²) in [5, 5.41) is 13.8. The maximum atomic E-state index is 15.3. The molecular formula is C23H32FN3O3S2. The maximum absolute atomic E-state index is 15.3. The Labute approximate surface area is 196 Å². The lowest BCUT2D eigenvalue weighted by atomic mass is 10.0. The third-order valence-electron chi connectivity index (χ3n) is 4.95. The molecule has 1 aliphatic heterocycles. The van der Waals surface area contributed by atoms with E-state index in [0.29, 0.717) is 23.2 Å². The summed E-state index contributed by atoms with van der Waals surface area (Å²) in [4.78, 5) is 11.7. The Morgan fingerprint density at radius 1 is 1.31 bits per heavy atom. The van der Waals surface area contributed by atoms with Crippen molar-refractivity contribution in [3.05, 3.63) is 53.3 Å². The number of halogens is 1. The summed E-state index contributed by atoms with van der Waals surface area (Å²) >= 11 is -0.355. The second kappa shape index (κ2) is 13.6. The largest absolute Gasteiger partial charge is 0.506 e. The third kappa shape index (κ3) is 6.78. The average molecular weight is 482 g/mol. The lowest BCUT2D eigenvalue weighted by Crippen LogP contribution is -2.38. The Hall–Kier alpha value is -1.94. The Balaban J connectivity index is 0.00000176. The number of aromatic hydroxyl groups is 1. The van der Waals surface area contributed by atoms with E-state index in [2.05, 4.69) is 22.2 Å². The zero-order valence-corrected chi connectivity index (χ0v) is 20.4. The van der Waals surface area contributed by atoms with Gasteiger partial charge in [-0.3, -0.25) is 4.31 Å². The number of carbonyl (C=O) groups is 1. The van der Waals surface area contributed by atoms with Crippen LogP contribution in [0.25, 0.3) is 0 Å². The number of phenolic OH excluding ortho intramolecular Hbond substituents is 1. The van der Waals surface area contributed by atoms with Crippen LogP contribution >= 0.6 is 11.8 Å². The van der Waals surface area contributed by atoms with Gasteiger partial charge in [-0.25, -0.2) is 13.3 Å². The molecule has 0 aromatic heterocycles. The number of nitrogens with one attached hydrogen (secondary N) is 2. The van der Waals surface area contributed by atoms with Crippen LogP contribution in [0, 0.1) is 5.82 Å². The smallest absolute Gasteiger partial charge is 0.196 e. The summed E-state index contributed by atoms with van der Waals surface area (Å²) in [5.41, 5.74) is 1.56. The molecule has 176 valence electrons. The Bertz CT molecular complexity index is 900. The molecule has 1 heterocycles. The first kappa shape index (κ1) is 26.3. The van der Waals surface area contributed by atoms with Crippen LogP contribution < -0.4 is 14.3 Å². The molecule has 32 heavy (non-hydrogen) atoms. The standard InChI is InChI=1S/C21H26FN3O3S2.C2H6/c1-23-30(28)25(10-11-26)21-18(27)13-19-17(20(21)22)12-16(14-29-19)24-9-5-8-15-6-3-2-4-7-15;1-2/h2-4,6-7,11,13,16,23-24,27H,5,8-10,12,14H2,1H3;1-2H3. The number of aryl methyl sites for hydroxylation is 1. The number of hydrogen-bond donors (Lipinski definition) is 3. The van der Waals surface area contributed by atoms with E-state index in [0.717, 1.165) is 29.4 Å².